The van der Waals surface area contributed by atoms with E-state index in [4.69, 9.17) is 15.0 Å². The second-order valence-electron chi connectivity index (χ2n) is 11.7. The van der Waals surface area contributed by atoms with E-state index in [0.717, 1.165) is 63.8 Å². The minimum atomic E-state index is -3.15. The number of pyridine rings is 1. The van der Waals surface area contributed by atoms with Crippen molar-refractivity contribution in [2.75, 3.05) is 23.4 Å². The molecule has 3 aromatic heterocycles. The van der Waals surface area contributed by atoms with Gasteiger partial charge in [0, 0.05) is 31.0 Å². The number of aryl methyl sites for hydroxylation is 1. The number of hydrogen-bond acceptors (Lipinski definition) is 9. The van der Waals surface area contributed by atoms with Crippen molar-refractivity contribution in [3.05, 3.63) is 23.7 Å². The summed E-state index contributed by atoms with van der Waals surface area (Å²) in [5, 5.41) is 8.05. The third kappa shape index (κ3) is 4.94. The quantitative estimate of drug-likeness (QED) is 0.363. The average Bonchev–Trinajstić information content (AvgIpc) is 3.75. The molecule has 0 radical (unpaired) electrons. The number of hydrogen-bond donors (Lipinski definition) is 2. The van der Waals surface area contributed by atoms with Crippen molar-refractivity contribution in [3.63, 3.8) is 0 Å². The number of fused-ring (bicyclic) bond motifs is 1. The van der Waals surface area contributed by atoms with Crippen molar-refractivity contribution < 1.29 is 8.42 Å². The molecule has 0 aromatic carbocycles. The second kappa shape index (κ2) is 9.15. The number of nitrogens with zero attached hydrogens (tertiary/aromatic N) is 4. The maximum Gasteiger partial charge on any atom is 0.224 e. The Hall–Kier alpha value is -2.33. The van der Waals surface area contributed by atoms with E-state index in [1.165, 1.54) is 31.9 Å². The first-order chi connectivity index (χ1) is 17.6. The molecule has 37 heavy (non-hydrogen) atoms. The average molecular weight is 541 g/mol. The molecule has 6 rings (SSSR count). The highest BCUT2D eigenvalue weighted by atomic mass is 32.2. The van der Waals surface area contributed by atoms with Crippen LogP contribution in [0, 0.1) is 18.8 Å². The molecule has 3 aliphatic rings. The lowest BCUT2D eigenvalue weighted by atomic mass is 9.93. The normalized spacial score (nSPS) is 22.5. The summed E-state index contributed by atoms with van der Waals surface area (Å²) in [6, 6.07) is 2.19. The zero-order valence-corrected chi connectivity index (χ0v) is 23.7. The molecular formula is C27H36N6O2S2. The number of anilines is 2. The van der Waals surface area contributed by atoms with E-state index in [9.17, 15) is 8.42 Å². The Morgan fingerprint density at radius 3 is 2.57 bits per heavy atom. The predicted molar refractivity (Wildman–Crippen MR) is 150 cm³/mol. The first-order valence-corrected chi connectivity index (χ1v) is 16.2. The molecular weight excluding hydrogens is 504 g/mol. The molecule has 3 fully saturated rings. The third-order valence-corrected chi connectivity index (χ3v) is 11.8. The smallest absolute Gasteiger partial charge is 0.224 e. The molecule has 8 nitrogen and oxygen atoms in total. The summed E-state index contributed by atoms with van der Waals surface area (Å²) in [7, 11) is -3.15. The minimum Gasteiger partial charge on any atom is -0.367 e. The van der Waals surface area contributed by atoms with Crippen LogP contribution >= 0.6 is 11.3 Å². The number of thiazole rings is 1. The van der Waals surface area contributed by atoms with Crippen LogP contribution in [0.2, 0.25) is 0 Å². The van der Waals surface area contributed by atoms with Gasteiger partial charge in [-0.15, -0.1) is 11.3 Å². The number of rotatable bonds is 9. The first-order valence-electron chi connectivity index (χ1n) is 13.4. The molecule has 0 bridgehead atoms. The van der Waals surface area contributed by atoms with Gasteiger partial charge in [-0.2, -0.15) is 4.98 Å². The third-order valence-electron chi connectivity index (χ3n) is 8.56. The molecule has 3 saturated carbocycles. The molecule has 0 unspecified atom stereocenters. The van der Waals surface area contributed by atoms with Crippen LogP contribution in [0.15, 0.2) is 12.3 Å². The van der Waals surface area contributed by atoms with Crippen LogP contribution < -0.4 is 10.6 Å². The Balaban J connectivity index is 1.34. The molecule has 0 spiro atoms. The van der Waals surface area contributed by atoms with Gasteiger partial charge in [-0.1, -0.05) is 0 Å². The number of aromatic nitrogens is 4. The van der Waals surface area contributed by atoms with Gasteiger partial charge in [0.1, 0.15) is 16.3 Å². The van der Waals surface area contributed by atoms with Gasteiger partial charge in [0.15, 0.2) is 9.84 Å². The summed E-state index contributed by atoms with van der Waals surface area (Å²) >= 11 is 1.67. The van der Waals surface area contributed by atoms with Gasteiger partial charge >= 0.3 is 0 Å². The van der Waals surface area contributed by atoms with Crippen molar-refractivity contribution in [2.45, 2.75) is 82.4 Å². The van der Waals surface area contributed by atoms with E-state index in [1.54, 1.807) is 11.3 Å². The van der Waals surface area contributed by atoms with Crippen molar-refractivity contribution in [1.82, 2.24) is 19.9 Å². The maximum atomic E-state index is 12.5. The zero-order valence-electron chi connectivity index (χ0n) is 22.0. The SMILES string of the molecule is Cc1nc(NCC2CC2)nc(N[C@H]2CC[C@@H](C(C)(C)S(C)(=O)=O)C2)c1-c1nc2c(C3CC3)nccc2s1. The van der Waals surface area contributed by atoms with Crippen LogP contribution in [0.3, 0.4) is 0 Å². The molecule has 3 aliphatic carbocycles. The largest absolute Gasteiger partial charge is 0.367 e. The molecule has 198 valence electrons. The van der Waals surface area contributed by atoms with Crippen molar-refractivity contribution in [1.29, 1.82) is 0 Å². The van der Waals surface area contributed by atoms with Crippen LogP contribution in [-0.2, 0) is 9.84 Å². The van der Waals surface area contributed by atoms with Crippen LogP contribution in [0.4, 0.5) is 11.8 Å². The fourth-order valence-electron chi connectivity index (χ4n) is 5.45. The summed E-state index contributed by atoms with van der Waals surface area (Å²) in [4.78, 5) is 19.5. The Morgan fingerprint density at radius 1 is 1.08 bits per heavy atom. The lowest BCUT2D eigenvalue weighted by Crippen LogP contribution is -2.38. The lowest BCUT2D eigenvalue weighted by Gasteiger charge is -2.30. The van der Waals surface area contributed by atoms with Crippen LogP contribution in [0.5, 0.6) is 0 Å². The second-order valence-corrected chi connectivity index (χ2v) is 15.4. The highest BCUT2D eigenvalue weighted by Crippen LogP contribution is 2.45. The van der Waals surface area contributed by atoms with Gasteiger partial charge in [-0.05, 0) is 83.6 Å². The minimum absolute atomic E-state index is 0.105. The molecule has 10 heteroatoms. The topological polar surface area (TPSA) is 110 Å². The van der Waals surface area contributed by atoms with Gasteiger partial charge in [0.2, 0.25) is 5.95 Å². The lowest BCUT2D eigenvalue weighted by molar-refractivity contribution is 0.404. The molecule has 0 saturated heterocycles. The summed E-state index contributed by atoms with van der Waals surface area (Å²) in [5.41, 5.74) is 3.94. The summed E-state index contributed by atoms with van der Waals surface area (Å²) in [5.74, 6) is 2.77. The Kier molecular flexibility index (Phi) is 6.18. The number of sulfone groups is 1. The van der Waals surface area contributed by atoms with Crippen molar-refractivity contribution in [2.24, 2.45) is 11.8 Å². The van der Waals surface area contributed by atoms with Gasteiger partial charge in [0.05, 0.1) is 26.4 Å². The molecule has 2 atom stereocenters. The fraction of sp³-hybridized carbons (Fsp3) is 0.630. The van der Waals surface area contributed by atoms with Crippen LogP contribution in [0.1, 0.15) is 76.1 Å². The molecule has 3 heterocycles. The van der Waals surface area contributed by atoms with Gasteiger partial charge in [-0.25, -0.2) is 18.4 Å². The Labute approximate surface area is 223 Å². The van der Waals surface area contributed by atoms with E-state index in [1.807, 2.05) is 33.0 Å². The monoisotopic (exact) mass is 540 g/mol. The van der Waals surface area contributed by atoms with Crippen LogP contribution in [0.25, 0.3) is 20.8 Å². The highest BCUT2D eigenvalue weighted by molar-refractivity contribution is 7.92. The molecule has 2 N–H and O–H groups in total. The van der Waals surface area contributed by atoms with Crippen LogP contribution in [-0.4, -0.2) is 51.9 Å². The molecule has 0 amide bonds. The van der Waals surface area contributed by atoms with E-state index in [-0.39, 0.29) is 12.0 Å². The van der Waals surface area contributed by atoms with Crippen molar-refractivity contribution >= 4 is 43.2 Å². The number of nitrogens with one attached hydrogen (secondary N) is 2. The van der Waals surface area contributed by atoms with Gasteiger partial charge in [-0.3, -0.25) is 4.98 Å². The molecule has 3 aromatic rings. The zero-order chi connectivity index (χ0) is 25.9. The van der Waals surface area contributed by atoms with E-state index in [2.05, 4.69) is 15.6 Å². The van der Waals surface area contributed by atoms with Crippen molar-refractivity contribution in [3.8, 4) is 10.6 Å². The summed E-state index contributed by atoms with van der Waals surface area (Å²) in [6.45, 7) is 6.65. The van der Waals surface area contributed by atoms with E-state index >= 15 is 0 Å². The maximum absolute atomic E-state index is 12.5. The Morgan fingerprint density at radius 2 is 1.86 bits per heavy atom. The standard InChI is InChI=1S/C27H36N6O2S2/c1-15-21(25-32-23-20(36-25)11-12-28-22(23)17-7-8-17)24(33-26(30-15)29-14-16-5-6-16)31-19-10-9-18(13-19)27(2,3)37(4,34)35/h11-12,16-19H,5-10,13-14H2,1-4H3,(H2,29,30,31,33)/t18-,19+/m1/s1. The highest BCUT2D eigenvalue weighted by Gasteiger charge is 2.43. The summed E-state index contributed by atoms with van der Waals surface area (Å²) < 4.78 is 25.3. The fourth-order valence-corrected chi connectivity index (χ4v) is 7.33. The van der Waals surface area contributed by atoms with E-state index < -0.39 is 14.6 Å². The Bertz CT molecular complexity index is 1440. The summed E-state index contributed by atoms with van der Waals surface area (Å²) in [6.07, 6.45) is 10.7. The first kappa shape index (κ1) is 25.0. The molecule has 0 aliphatic heterocycles. The predicted octanol–water partition coefficient (Wildman–Crippen LogP) is 5.56. The van der Waals surface area contributed by atoms with Gasteiger partial charge < -0.3 is 10.6 Å². The van der Waals surface area contributed by atoms with Gasteiger partial charge in [0.25, 0.3) is 0 Å². The van der Waals surface area contributed by atoms with E-state index in [0.29, 0.717) is 17.8 Å².